The molecule has 15 nitrogen and oxygen atoms in total. The minimum atomic E-state index is -0.980. The number of benzene rings is 3. The third kappa shape index (κ3) is 7.49. The van der Waals surface area contributed by atoms with Crippen molar-refractivity contribution in [2.45, 2.75) is 71.6 Å². The van der Waals surface area contributed by atoms with Crippen molar-refractivity contribution in [1.82, 2.24) is 25.4 Å². The Bertz CT molecular complexity index is 2620. The molecule has 0 bridgehead atoms. The van der Waals surface area contributed by atoms with Crippen LogP contribution in [0.1, 0.15) is 90.0 Å². The molecular formula is C48H52N8O7. The first-order chi connectivity index (χ1) is 30.1. The van der Waals surface area contributed by atoms with Crippen molar-refractivity contribution < 1.29 is 28.7 Å². The maximum atomic E-state index is 13.7. The van der Waals surface area contributed by atoms with Crippen molar-refractivity contribution in [2.24, 2.45) is 16.7 Å². The number of nitriles is 1. The van der Waals surface area contributed by atoms with Gasteiger partial charge in [0.25, 0.3) is 17.7 Å². The molecule has 4 aromatic rings. The molecule has 1 unspecified atom stereocenters. The second-order valence-electron chi connectivity index (χ2n) is 18.8. The minimum Gasteiger partial charge on any atom is -0.488 e. The van der Waals surface area contributed by atoms with Crippen LogP contribution in [-0.4, -0.2) is 108 Å². The van der Waals surface area contributed by atoms with Gasteiger partial charge in [-0.25, -0.2) is 0 Å². The number of rotatable bonds is 9. The zero-order valence-corrected chi connectivity index (χ0v) is 36.0. The average molecular weight is 853 g/mol. The third-order valence-corrected chi connectivity index (χ3v) is 14.1. The molecule has 5 amide bonds. The molecule has 326 valence electrons. The molecule has 0 radical (unpaired) electrons. The highest BCUT2D eigenvalue weighted by Gasteiger charge is 2.64. The molecule has 3 N–H and O–H groups in total. The zero-order valence-electron chi connectivity index (χ0n) is 36.0. The van der Waals surface area contributed by atoms with Crippen LogP contribution >= 0.6 is 0 Å². The summed E-state index contributed by atoms with van der Waals surface area (Å²) in [5, 5.41) is 15.8. The molecule has 0 spiro atoms. The van der Waals surface area contributed by atoms with E-state index in [0.717, 1.165) is 74.9 Å². The van der Waals surface area contributed by atoms with Gasteiger partial charge in [-0.05, 0) is 85.8 Å². The van der Waals surface area contributed by atoms with E-state index in [4.69, 9.17) is 4.74 Å². The number of pyridine rings is 1. The van der Waals surface area contributed by atoms with Gasteiger partial charge in [0.1, 0.15) is 24.0 Å². The second-order valence-corrected chi connectivity index (χ2v) is 18.8. The number of piperidine rings is 2. The number of carbonyl (C=O) groups is 5. The van der Waals surface area contributed by atoms with Gasteiger partial charge < -0.3 is 24.8 Å². The fraction of sp³-hybridized carbons (Fsp3) is 0.438. The van der Waals surface area contributed by atoms with Crippen molar-refractivity contribution in [3.05, 3.63) is 99.3 Å². The summed E-state index contributed by atoms with van der Waals surface area (Å²) in [4.78, 5) is 87.2. The Morgan fingerprint density at radius 3 is 2.14 bits per heavy atom. The molecule has 9 rings (SSSR count). The molecule has 4 aliphatic heterocycles. The van der Waals surface area contributed by atoms with Crippen LogP contribution in [-0.2, 0) is 9.59 Å². The van der Waals surface area contributed by atoms with Gasteiger partial charge in [0.15, 0.2) is 0 Å². The van der Waals surface area contributed by atoms with E-state index >= 15 is 0 Å². The summed E-state index contributed by atoms with van der Waals surface area (Å²) in [6.45, 7) is 14.6. The molecule has 3 aromatic carbocycles. The van der Waals surface area contributed by atoms with Crippen LogP contribution in [0.25, 0.3) is 10.9 Å². The van der Waals surface area contributed by atoms with E-state index in [-0.39, 0.29) is 42.0 Å². The molecule has 3 saturated heterocycles. The molecule has 5 aliphatic rings. The van der Waals surface area contributed by atoms with Crippen LogP contribution in [0.2, 0.25) is 0 Å². The van der Waals surface area contributed by atoms with E-state index < -0.39 is 40.5 Å². The van der Waals surface area contributed by atoms with Crippen molar-refractivity contribution in [1.29, 1.82) is 5.26 Å². The Morgan fingerprint density at radius 1 is 0.794 bits per heavy atom. The molecule has 4 fully saturated rings. The fourth-order valence-corrected chi connectivity index (χ4v) is 11.0. The fourth-order valence-electron chi connectivity index (χ4n) is 11.0. The summed E-state index contributed by atoms with van der Waals surface area (Å²) in [7, 11) is 0. The number of hydrogen-bond donors (Lipinski definition) is 3. The Kier molecular flexibility index (Phi) is 10.6. The normalized spacial score (nSPS) is 23.5. The molecule has 1 aliphatic carbocycles. The van der Waals surface area contributed by atoms with Gasteiger partial charge in [-0.3, -0.25) is 43.9 Å². The van der Waals surface area contributed by atoms with E-state index in [1.54, 1.807) is 30.3 Å². The number of H-pyrrole nitrogens is 1. The summed E-state index contributed by atoms with van der Waals surface area (Å²) in [6, 6.07) is 20.7. The van der Waals surface area contributed by atoms with Gasteiger partial charge in [-0.15, -0.1) is 0 Å². The Morgan fingerprint density at radius 2 is 1.46 bits per heavy atom. The second kappa shape index (κ2) is 16.0. The quantitative estimate of drug-likeness (QED) is 0.202. The highest BCUT2D eigenvalue weighted by atomic mass is 16.5. The van der Waals surface area contributed by atoms with Gasteiger partial charge in [0.05, 0.1) is 22.2 Å². The van der Waals surface area contributed by atoms with Gasteiger partial charge >= 0.3 is 0 Å². The minimum absolute atomic E-state index is 0.0859. The van der Waals surface area contributed by atoms with Crippen molar-refractivity contribution in [2.75, 3.05) is 55.6 Å². The number of piperazine rings is 1. The molecule has 1 saturated carbocycles. The highest BCUT2D eigenvalue weighted by molar-refractivity contribution is 6.23. The summed E-state index contributed by atoms with van der Waals surface area (Å²) in [6.07, 6.45) is 2.10. The van der Waals surface area contributed by atoms with Crippen LogP contribution in [0, 0.1) is 28.1 Å². The molecule has 1 aromatic heterocycles. The Labute approximate surface area is 365 Å². The first kappa shape index (κ1) is 41.8. The topological polar surface area (TPSA) is 188 Å². The largest absolute Gasteiger partial charge is 0.488 e. The highest BCUT2D eigenvalue weighted by Crippen LogP contribution is 2.56. The smallest absolute Gasteiger partial charge is 0.262 e. The van der Waals surface area contributed by atoms with Gasteiger partial charge in [-0.2, -0.15) is 5.26 Å². The van der Waals surface area contributed by atoms with E-state index in [1.807, 2.05) is 30.3 Å². The van der Waals surface area contributed by atoms with E-state index in [2.05, 4.69) is 64.1 Å². The number of nitrogens with one attached hydrogen (secondary N) is 3. The molecule has 63 heavy (non-hydrogen) atoms. The zero-order chi connectivity index (χ0) is 44.4. The number of amides is 5. The average Bonchev–Trinajstić information content (AvgIpc) is 3.52. The summed E-state index contributed by atoms with van der Waals surface area (Å²) < 4.78 is 6.62. The Hall–Kier alpha value is -6.53. The van der Waals surface area contributed by atoms with E-state index in [0.29, 0.717) is 39.3 Å². The number of fused-ring (bicyclic) bond motifs is 2. The molecular weight excluding hydrogens is 801 g/mol. The standard InChI is InChI=1S/C48H52N8O7/c1-47(2)45(48(3,4)46(47)63-37-14-7-30(26-49)40-34(37)12-15-38(57)50-40)52-41(59)29-5-8-31(9-6-29)54-19-17-28(18-20-54)27-53-21-23-55(24-22-53)32-10-11-33-35(25-32)44(62)56(43(33)61)36-13-16-39(58)51-42(36)60/h5-12,14-15,25,28,36,45-46H,13,16-24,27H2,1-4H3,(H,50,57)(H,52,59)(H,51,58,60). The van der Waals surface area contributed by atoms with Crippen molar-refractivity contribution in [3.63, 3.8) is 0 Å². The number of anilines is 2. The van der Waals surface area contributed by atoms with Crippen LogP contribution in [0.3, 0.4) is 0 Å². The van der Waals surface area contributed by atoms with E-state index in [1.165, 1.54) is 6.07 Å². The SMILES string of the molecule is CC1(C)C(NC(=O)c2ccc(N3CCC(CN4CCN(c5ccc6c(c5)C(=O)N(C5CCC(=O)NC5=O)C6=O)CC4)CC3)cc2)C(C)(C)C1Oc1ccc(C#N)c2[nH]c(=O)ccc12. The van der Waals surface area contributed by atoms with Gasteiger partial charge in [0.2, 0.25) is 17.4 Å². The van der Waals surface area contributed by atoms with E-state index in [9.17, 15) is 34.0 Å². The summed E-state index contributed by atoms with van der Waals surface area (Å²) >= 11 is 0. The predicted octanol–water partition coefficient (Wildman–Crippen LogP) is 4.45. The van der Waals surface area contributed by atoms with Crippen LogP contribution < -0.4 is 30.7 Å². The summed E-state index contributed by atoms with van der Waals surface area (Å²) in [5.74, 6) is -0.985. The number of aromatic amines is 1. The van der Waals surface area contributed by atoms with Crippen LogP contribution in [0.4, 0.5) is 11.4 Å². The maximum absolute atomic E-state index is 13.7. The predicted molar refractivity (Wildman–Crippen MR) is 236 cm³/mol. The molecule has 5 heterocycles. The van der Waals surface area contributed by atoms with Crippen molar-refractivity contribution >= 4 is 51.8 Å². The van der Waals surface area contributed by atoms with Crippen LogP contribution in [0.15, 0.2) is 71.5 Å². The lowest BCUT2D eigenvalue weighted by Crippen LogP contribution is -2.74. The number of ether oxygens (including phenoxy) is 1. The van der Waals surface area contributed by atoms with Crippen molar-refractivity contribution in [3.8, 4) is 11.8 Å². The number of carbonyl (C=O) groups excluding carboxylic acids is 5. The van der Waals surface area contributed by atoms with Gasteiger partial charge in [0, 0.05) is 97.5 Å². The Balaban J connectivity index is 0.743. The number of imide groups is 2. The lowest BCUT2D eigenvalue weighted by molar-refractivity contribution is -0.163. The first-order valence-corrected chi connectivity index (χ1v) is 21.9. The number of nitrogens with zero attached hydrogens (tertiary/aromatic N) is 5. The maximum Gasteiger partial charge on any atom is 0.262 e. The number of hydrogen-bond acceptors (Lipinski definition) is 11. The summed E-state index contributed by atoms with van der Waals surface area (Å²) in [5.41, 5.74) is 2.85. The monoisotopic (exact) mass is 852 g/mol. The first-order valence-electron chi connectivity index (χ1n) is 21.9. The molecule has 1 atom stereocenters. The lowest BCUT2D eigenvalue weighted by Gasteiger charge is -2.63. The van der Waals surface area contributed by atoms with Gasteiger partial charge in [-0.1, -0.05) is 27.7 Å². The number of aromatic nitrogens is 1. The molecule has 15 heteroatoms. The third-order valence-electron chi connectivity index (χ3n) is 14.1. The lowest BCUT2D eigenvalue weighted by atomic mass is 9.49. The van der Waals surface area contributed by atoms with Crippen LogP contribution in [0.5, 0.6) is 5.75 Å².